The zero-order valence-corrected chi connectivity index (χ0v) is 9.03. The molecule has 0 aliphatic carbocycles. The van der Waals surface area contributed by atoms with Crippen LogP contribution in [-0.2, 0) is 0 Å². The van der Waals surface area contributed by atoms with E-state index in [1.54, 1.807) is 0 Å². The van der Waals surface area contributed by atoms with Gasteiger partial charge in [-0.1, -0.05) is 35.0 Å². The largest absolute Gasteiger partial charge is 0.359 e. The quantitative estimate of drug-likeness (QED) is 0.850. The van der Waals surface area contributed by atoms with Crippen molar-refractivity contribution in [2.75, 3.05) is 0 Å². The summed E-state index contributed by atoms with van der Waals surface area (Å²) >= 11 is 6.03. The second-order valence-electron chi connectivity index (χ2n) is 3.38. The first-order valence-electron chi connectivity index (χ1n) is 4.65. The molecule has 1 aromatic carbocycles. The lowest BCUT2D eigenvalue weighted by atomic mass is 10.1. The molecular weight excluding hydrogens is 212 g/mol. The maximum absolute atomic E-state index is 6.03. The molecule has 0 radical (unpaired) electrons. The molecule has 2 aromatic rings. The number of rotatable bonds is 2. The van der Waals surface area contributed by atoms with Gasteiger partial charge in [0.1, 0.15) is 5.69 Å². The van der Waals surface area contributed by atoms with E-state index < -0.39 is 0 Å². The Hall–Kier alpha value is -1.32. The summed E-state index contributed by atoms with van der Waals surface area (Å²) in [6.45, 7) is 1.84. The lowest BCUT2D eigenvalue weighted by Crippen LogP contribution is -2.02. The Bertz CT molecular complexity index is 465. The predicted octanol–water partition coefficient (Wildman–Crippen LogP) is 3.01. The smallest absolute Gasteiger partial charge is 0.153 e. The van der Waals surface area contributed by atoms with Crippen molar-refractivity contribution in [1.29, 1.82) is 0 Å². The van der Waals surface area contributed by atoms with Crippen LogP contribution in [0, 0.1) is 0 Å². The Kier molecular flexibility index (Phi) is 2.75. The van der Waals surface area contributed by atoms with Gasteiger partial charge in [-0.2, -0.15) is 0 Å². The molecule has 0 amide bonds. The summed E-state index contributed by atoms with van der Waals surface area (Å²) in [7, 11) is 0. The highest BCUT2D eigenvalue weighted by atomic mass is 35.5. The molecule has 0 aliphatic heterocycles. The molecule has 78 valence electrons. The molecular formula is C11H11ClN2O. The molecule has 3 nitrogen and oxygen atoms in total. The Morgan fingerprint density at radius 3 is 2.73 bits per heavy atom. The van der Waals surface area contributed by atoms with Crippen LogP contribution in [0.25, 0.3) is 11.3 Å². The van der Waals surface area contributed by atoms with Gasteiger partial charge in [0, 0.05) is 11.6 Å². The van der Waals surface area contributed by atoms with Crippen molar-refractivity contribution in [2.45, 2.75) is 13.0 Å². The van der Waals surface area contributed by atoms with E-state index in [2.05, 4.69) is 5.16 Å². The average molecular weight is 223 g/mol. The number of nitrogens with two attached hydrogens (primary N) is 1. The number of benzene rings is 1. The van der Waals surface area contributed by atoms with Gasteiger partial charge in [0.15, 0.2) is 5.76 Å². The van der Waals surface area contributed by atoms with E-state index in [1.807, 2.05) is 37.3 Å². The van der Waals surface area contributed by atoms with Crippen LogP contribution in [0.5, 0.6) is 0 Å². The Morgan fingerprint density at radius 1 is 1.40 bits per heavy atom. The fourth-order valence-corrected chi connectivity index (χ4v) is 1.53. The predicted molar refractivity (Wildman–Crippen MR) is 59.6 cm³/mol. The third-order valence-electron chi connectivity index (χ3n) is 2.13. The maximum atomic E-state index is 6.03. The molecule has 1 aromatic heterocycles. The summed E-state index contributed by atoms with van der Waals surface area (Å²) in [5.74, 6) is 0.657. The molecule has 0 fully saturated rings. The first-order chi connectivity index (χ1) is 7.18. The highest BCUT2D eigenvalue weighted by Crippen LogP contribution is 2.27. The van der Waals surface area contributed by atoms with Crippen LogP contribution in [-0.4, -0.2) is 5.16 Å². The summed E-state index contributed by atoms with van der Waals surface area (Å²) in [6.07, 6.45) is 0. The normalized spacial score (nSPS) is 12.7. The molecule has 1 heterocycles. The van der Waals surface area contributed by atoms with Crippen molar-refractivity contribution < 1.29 is 4.52 Å². The van der Waals surface area contributed by atoms with Gasteiger partial charge in [0.05, 0.1) is 11.1 Å². The molecule has 2 N–H and O–H groups in total. The molecule has 0 bridgehead atoms. The average Bonchev–Trinajstić information content (AvgIpc) is 2.67. The van der Waals surface area contributed by atoms with E-state index in [9.17, 15) is 0 Å². The van der Waals surface area contributed by atoms with E-state index in [1.165, 1.54) is 0 Å². The summed E-state index contributed by atoms with van der Waals surface area (Å²) in [5.41, 5.74) is 7.25. The minimum absolute atomic E-state index is 0.159. The van der Waals surface area contributed by atoms with Gasteiger partial charge in [-0.3, -0.25) is 0 Å². The van der Waals surface area contributed by atoms with Crippen LogP contribution < -0.4 is 5.73 Å². The topological polar surface area (TPSA) is 52.0 Å². The molecule has 1 unspecified atom stereocenters. The Balaban J connectivity index is 2.42. The van der Waals surface area contributed by atoms with Crippen LogP contribution in [0.15, 0.2) is 34.9 Å². The fraction of sp³-hybridized carbons (Fsp3) is 0.182. The summed E-state index contributed by atoms with van der Waals surface area (Å²) in [6, 6.07) is 9.14. The third kappa shape index (κ3) is 2.03. The first kappa shape index (κ1) is 10.2. The van der Waals surface area contributed by atoms with Crippen molar-refractivity contribution in [3.63, 3.8) is 0 Å². The highest BCUT2D eigenvalue weighted by molar-refractivity contribution is 6.33. The zero-order chi connectivity index (χ0) is 10.8. The summed E-state index contributed by atoms with van der Waals surface area (Å²) in [4.78, 5) is 0. The highest BCUT2D eigenvalue weighted by Gasteiger charge is 2.11. The standard InChI is InChI=1S/C11H11ClN2O/c1-7(13)11-6-10(14-15-11)8-4-2-3-5-9(8)12/h2-7H,13H2,1H3. The van der Waals surface area contributed by atoms with Crippen molar-refractivity contribution in [1.82, 2.24) is 5.16 Å². The van der Waals surface area contributed by atoms with Gasteiger partial charge in [-0.25, -0.2) is 0 Å². The Labute approximate surface area is 92.8 Å². The van der Waals surface area contributed by atoms with Gasteiger partial charge in [-0.15, -0.1) is 0 Å². The first-order valence-corrected chi connectivity index (χ1v) is 5.03. The minimum Gasteiger partial charge on any atom is -0.359 e. The van der Waals surface area contributed by atoms with Gasteiger partial charge in [0.2, 0.25) is 0 Å². The monoisotopic (exact) mass is 222 g/mol. The molecule has 4 heteroatoms. The van der Waals surface area contributed by atoms with Crippen LogP contribution in [0.1, 0.15) is 18.7 Å². The van der Waals surface area contributed by atoms with Gasteiger partial charge in [0.25, 0.3) is 0 Å². The SMILES string of the molecule is CC(N)c1cc(-c2ccccc2Cl)no1. The number of aromatic nitrogens is 1. The molecule has 15 heavy (non-hydrogen) atoms. The number of halogens is 1. The molecule has 0 saturated heterocycles. The van der Waals surface area contributed by atoms with Crippen LogP contribution in [0.2, 0.25) is 5.02 Å². The van der Waals surface area contributed by atoms with E-state index in [-0.39, 0.29) is 6.04 Å². The van der Waals surface area contributed by atoms with Crippen LogP contribution in [0.4, 0.5) is 0 Å². The lowest BCUT2D eigenvalue weighted by Gasteiger charge is -1.97. The lowest BCUT2D eigenvalue weighted by molar-refractivity contribution is 0.369. The molecule has 0 spiro atoms. The number of hydrogen-bond acceptors (Lipinski definition) is 3. The van der Waals surface area contributed by atoms with Gasteiger partial charge >= 0.3 is 0 Å². The molecule has 0 aliphatic rings. The van der Waals surface area contributed by atoms with E-state index >= 15 is 0 Å². The maximum Gasteiger partial charge on any atom is 0.153 e. The van der Waals surface area contributed by atoms with E-state index in [0.29, 0.717) is 16.5 Å². The second kappa shape index (κ2) is 4.04. The third-order valence-corrected chi connectivity index (χ3v) is 2.46. The zero-order valence-electron chi connectivity index (χ0n) is 8.27. The summed E-state index contributed by atoms with van der Waals surface area (Å²) in [5, 5.41) is 4.58. The van der Waals surface area contributed by atoms with Crippen molar-refractivity contribution in [3.8, 4) is 11.3 Å². The Morgan fingerprint density at radius 2 is 2.13 bits per heavy atom. The van der Waals surface area contributed by atoms with Crippen molar-refractivity contribution in [3.05, 3.63) is 41.1 Å². The van der Waals surface area contributed by atoms with Crippen molar-refractivity contribution >= 4 is 11.6 Å². The molecule has 1 atom stereocenters. The fourth-order valence-electron chi connectivity index (χ4n) is 1.30. The molecule has 0 saturated carbocycles. The van der Waals surface area contributed by atoms with E-state index in [0.717, 1.165) is 5.56 Å². The van der Waals surface area contributed by atoms with Crippen molar-refractivity contribution in [2.24, 2.45) is 5.73 Å². The summed E-state index contributed by atoms with van der Waals surface area (Å²) < 4.78 is 5.10. The molecule has 2 rings (SSSR count). The minimum atomic E-state index is -0.159. The van der Waals surface area contributed by atoms with Gasteiger partial charge < -0.3 is 10.3 Å². The number of hydrogen-bond donors (Lipinski definition) is 1. The second-order valence-corrected chi connectivity index (χ2v) is 3.79. The van der Waals surface area contributed by atoms with E-state index in [4.69, 9.17) is 21.9 Å². The van der Waals surface area contributed by atoms with Crippen LogP contribution >= 0.6 is 11.6 Å². The van der Waals surface area contributed by atoms with Gasteiger partial charge in [-0.05, 0) is 13.0 Å². The number of nitrogens with zero attached hydrogens (tertiary/aromatic N) is 1. The van der Waals surface area contributed by atoms with Crippen LogP contribution in [0.3, 0.4) is 0 Å².